The van der Waals surface area contributed by atoms with E-state index < -0.39 is 16.1 Å². The number of rotatable bonds is 9. The van der Waals surface area contributed by atoms with Crippen LogP contribution in [0.25, 0.3) is 0 Å². The van der Waals surface area contributed by atoms with Crippen LogP contribution in [0.2, 0.25) is 0 Å². The van der Waals surface area contributed by atoms with E-state index in [-0.39, 0.29) is 5.91 Å². The number of hydrogen-bond acceptors (Lipinski definition) is 5. The lowest BCUT2D eigenvalue weighted by Gasteiger charge is -2.28. The second-order valence-electron chi connectivity index (χ2n) is 6.86. The van der Waals surface area contributed by atoms with Gasteiger partial charge in [0, 0.05) is 23.6 Å². The maximum Gasteiger partial charge on any atom is 0.243 e. The predicted molar refractivity (Wildman–Crippen MR) is 112 cm³/mol. The van der Waals surface area contributed by atoms with E-state index in [2.05, 4.69) is 5.32 Å². The number of thioether (sulfide) groups is 1. The van der Waals surface area contributed by atoms with Crippen LogP contribution in [0.15, 0.2) is 24.3 Å². The first kappa shape index (κ1) is 21.9. The lowest BCUT2D eigenvalue weighted by molar-refractivity contribution is -0.121. The highest BCUT2D eigenvalue weighted by Crippen LogP contribution is 2.28. The summed E-state index contributed by atoms with van der Waals surface area (Å²) in [4.78, 5) is 12.6. The van der Waals surface area contributed by atoms with Crippen molar-refractivity contribution in [3.05, 3.63) is 24.3 Å². The van der Waals surface area contributed by atoms with Crippen molar-refractivity contribution in [3.8, 4) is 5.75 Å². The van der Waals surface area contributed by atoms with Crippen LogP contribution in [0.1, 0.15) is 39.0 Å². The van der Waals surface area contributed by atoms with Crippen LogP contribution in [-0.2, 0) is 14.8 Å². The summed E-state index contributed by atoms with van der Waals surface area (Å²) in [5.74, 6) is 1.09. The molecule has 2 rings (SSSR count). The van der Waals surface area contributed by atoms with Gasteiger partial charge in [0.1, 0.15) is 11.8 Å². The molecular formula is C19H30N2O4S2. The van der Waals surface area contributed by atoms with E-state index >= 15 is 0 Å². The standard InChI is InChI=1S/C19H30N2O4S2/c1-15(19(22)20-12-13-26-18-10-5-4-6-11-18)21(27(3,23)24)16-8-7-9-17(14-16)25-2/h7-9,14-15,18H,4-6,10-13H2,1-3H3,(H,20,22). The van der Waals surface area contributed by atoms with Crippen molar-refractivity contribution < 1.29 is 17.9 Å². The van der Waals surface area contributed by atoms with Gasteiger partial charge in [0.25, 0.3) is 0 Å². The molecule has 152 valence electrons. The highest BCUT2D eigenvalue weighted by molar-refractivity contribution is 7.99. The summed E-state index contributed by atoms with van der Waals surface area (Å²) in [6.45, 7) is 2.14. The fourth-order valence-electron chi connectivity index (χ4n) is 3.34. The van der Waals surface area contributed by atoms with E-state index in [4.69, 9.17) is 4.74 Å². The Kier molecular flexibility index (Phi) is 8.28. The number of nitrogens with zero attached hydrogens (tertiary/aromatic N) is 1. The Labute approximate surface area is 167 Å². The van der Waals surface area contributed by atoms with Crippen molar-refractivity contribution in [2.24, 2.45) is 0 Å². The average Bonchev–Trinajstić information content (AvgIpc) is 2.65. The molecule has 6 nitrogen and oxygen atoms in total. The average molecular weight is 415 g/mol. The Morgan fingerprint density at radius 3 is 2.67 bits per heavy atom. The summed E-state index contributed by atoms with van der Waals surface area (Å²) in [7, 11) is -2.11. The van der Waals surface area contributed by atoms with Crippen LogP contribution in [0.5, 0.6) is 5.75 Å². The van der Waals surface area contributed by atoms with E-state index in [9.17, 15) is 13.2 Å². The first-order valence-electron chi connectivity index (χ1n) is 9.35. The minimum Gasteiger partial charge on any atom is -0.497 e. The topological polar surface area (TPSA) is 75.7 Å². The lowest BCUT2D eigenvalue weighted by atomic mass is 10.0. The zero-order valence-corrected chi connectivity index (χ0v) is 17.9. The van der Waals surface area contributed by atoms with Crippen LogP contribution in [0, 0.1) is 0 Å². The molecule has 1 aromatic carbocycles. The van der Waals surface area contributed by atoms with Gasteiger partial charge in [-0.1, -0.05) is 25.3 Å². The number of sulfonamides is 1. The van der Waals surface area contributed by atoms with Gasteiger partial charge in [-0.05, 0) is 31.9 Å². The molecule has 0 aromatic heterocycles. The Morgan fingerprint density at radius 1 is 1.33 bits per heavy atom. The first-order valence-corrected chi connectivity index (χ1v) is 12.3. The van der Waals surface area contributed by atoms with Gasteiger partial charge in [0.05, 0.1) is 19.1 Å². The zero-order valence-electron chi connectivity index (χ0n) is 16.3. The molecule has 1 unspecified atom stereocenters. The van der Waals surface area contributed by atoms with Crippen molar-refractivity contribution in [1.82, 2.24) is 5.32 Å². The third-order valence-corrected chi connectivity index (χ3v) is 7.33. The van der Waals surface area contributed by atoms with Gasteiger partial charge in [-0.25, -0.2) is 8.42 Å². The molecule has 1 amide bonds. The molecule has 1 saturated carbocycles. The Hall–Kier alpha value is -1.41. The molecule has 27 heavy (non-hydrogen) atoms. The minimum absolute atomic E-state index is 0.299. The molecule has 0 saturated heterocycles. The maximum absolute atomic E-state index is 12.6. The molecule has 1 N–H and O–H groups in total. The molecule has 0 aliphatic heterocycles. The number of amides is 1. The highest BCUT2D eigenvalue weighted by atomic mass is 32.2. The van der Waals surface area contributed by atoms with E-state index in [1.165, 1.54) is 39.2 Å². The number of carbonyl (C=O) groups is 1. The van der Waals surface area contributed by atoms with Gasteiger partial charge in [0.15, 0.2) is 0 Å². The monoisotopic (exact) mass is 414 g/mol. The van der Waals surface area contributed by atoms with E-state index in [0.29, 0.717) is 23.2 Å². The molecule has 1 aliphatic rings. The zero-order chi connectivity index (χ0) is 19.9. The van der Waals surface area contributed by atoms with Crippen LogP contribution < -0.4 is 14.4 Å². The van der Waals surface area contributed by atoms with Gasteiger partial charge in [-0.2, -0.15) is 11.8 Å². The Morgan fingerprint density at radius 2 is 2.04 bits per heavy atom. The quantitative estimate of drug-likeness (QED) is 0.629. The van der Waals surface area contributed by atoms with Crippen molar-refractivity contribution in [1.29, 1.82) is 0 Å². The van der Waals surface area contributed by atoms with Crippen molar-refractivity contribution in [3.63, 3.8) is 0 Å². The van der Waals surface area contributed by atoms with Gasteiger partial charge in [0.2, 0.25) is 15.9 Å². The van der Waals surface area contributed by atoms with E-state index in [1.807, 2.05) is 11.8 Å². The summed E-state index contributed by atoms with van der Waals surface area (Å²) in [5.41, 5.74) is 0.413. The molecule has 0 spiro atoms. The summed E-state index contributed by atoms with van der Waals surface area (Å²) < 4.78 is 30.9. The molecule has 1 atom stereocenters. The van der Waals surface area contributed by atoms with Gasteiger partial charge in [-0.3, -0.25) is 9.10 Å². The summed E-state index contributed by atoms with van der Waals surface area (Å²) >= 11 is 1.90. The molecule has 1 fully saturated rings. The Bertz CT molecular complexity index is 718. The number of methoxy groups -OCH3 is 1. The maximum atomic E-state index is 12.6. The third kappa shape index (κ3) is 6.60. The van der Waals surface area contributed by atoms with E-state index in [0.717, 1.165) is 16.3 Å². The number of ether oxygens (including phenoxy) is 1. The second kappa shape index (κ2) is 10.2. The number of anilines is 1. The molecule has 0 radical (unpaired) electrons. The highest BCUT2D eigenvalue weighted by Gasteiger charge is 2.29. The Balaban J connectivity index is 1.95. The normalized spacial score (nSPS) is 16.6. The van der Waals surface area contributed by atoms with Crippen LogP contribution in [-0.4, -0.2) is 51.3 Å². The fourth-order valence-corrected chi connectivity index (χ4v) is 5.72. The molecule has 0 bridgehead atoms. The fraction of sp³-hybridized carbons (Fsp3) is 0.632. The predicted octanol–water partition coefficient (Wildman–Crippen LogP) is 3.03. The molecule has 1 aromatic rings. The van der Waals surface area contributed by atoms with E-state index in [1.54, 1.807) is 31.2 Å². The molecule has 8 heteroatoms. The summed E-state index contributed by atoms with van der Waals surface area (Å²) in [6.07, 6.45) is 7.54. The molecule has 0 heterocycles. The number of nitrogens with one attached hydrogen (secondary N) is 1. The number of carbonyl (C=O) groups excluding carboxylic acids is 1. The van der Waals surface area contributed by atoms with Crippen molar-refractivity contribution >= 4 is 33.4 Å². The number of benzene rings is 1. The largest absolute Gasteiger partial charge is 0.497 e. The van der Waals surface area contributed by atoms with Crippen LogP contribution in [0.3, 0.4) is 0 Å². The second-order valence-corrected chi connectivity index (χ2v) is 10.1. The first-order chi connectivity index (χ1) is 12.8. The summed E-state index contributed by atoms with van der Waals surface area (Å²) in [6, 6.07) is 5.87. The molecular weight excluding hydrogens is 384 g/mol. The van der Waals surface area contributed by atoms with Gasteiger partial charge >= 0.3 is 0 Å². The van der Waals surface area contributed by atoms with Crippen LogP contribution >= 0.6 is 11.8 Å². The van der Waals surface area contributed by atoms with Gasteiger partial charge in [-0.15, -0.1) is 0 Å². The number of hydrogen-bond donors (Lipinski definition) is 1. The van der Waals surface area contributed by atoms with Crippen molar-refractivity contribution in [2.45, 2.75) is 50.3 Å². The van der Waals surface area contributed by atoms with Gasteiger partial charge < -0.3 is 10.1 Å². The van der Waals surface area contributed by atoms with Crippen LogP contribution in [0.4, 0.5) is 5.69 Å². The molecule has 1 aliphatic carbocycles. The smallest absolute Gasteiger partial charge is 0.243 e. The lowest BCUT2D eigenvalue weighted by Crippen LogP contribution is -2.48. The minimum atomic E-state index is -3.62. The van der Waals surface area contributed by atoms with Crippen molar-refractivity contribution in [2.75, 3.05) is 30.0 Å². The third-order valence-electron chi connectivity index (χ3n) is 4.70. The SMILES string of the molecule is COc1cccc(N(C(C)C(=O)NCCSC2CCCCC2)S(C)(=O)=O)c1. The summed E-state index contributed by atoms with van der Waals surface area (Å²) in [5, 5.41) is 3.57.